The Labute approximate surface area is 141 Å². The monoisotopic (exact) mass is 332 g/mol. The second-order valence-corrected chi connectivity index (χ2v) is 6.11. The first-order valence-electron chi connectivity index (χ1n) is 8.02. The minimum Gasteiger partial charge on any atom is -0.480 e. The smallest absolute Gasteiger partial charge is 0.255 e. The molecular weight excluding hydrogens is 308 g/mol. The van der Waals surface area contributed by atoms with E-state index in [1.165, 1.54) is 0 Å². The molecule has 2 amide bonds. The molecular formula is C17H24N4O3. The number of aryl methyl sites for hydroxylation is 1. The largest absolute Gasteiger partial charge is 0.480 e. The molecule has 7 nitrogen and oxygen atoms in total. The molecule has 0 saturated heterocycles. The molecule has 2 aromatic heterocycles. The predicted molar refractivity (Wildman–Crippen MR) is 92.1 cm³/mol. The molecule has 24 heavy (non-hydrogen) atoms. The number of fused-ring (bicyclic) bond motifs is 1. The van der Waals surface area contributed by atoms with Gasteiger partial charge in [0.15, 0.2) is 18.0 Å². The number of amides is 2. The molecule has 0 bridgehead atoms. The van der Waals surface area contributed by atoms with E-state index in [2.05, 4.69) is 4.98 Å². The highest BCUT2D eigenvalue weighted by atomic mass is 16.5. The van der Waals surface area contributed by atoms with Crippen LogP contribution in [-0.4, -0.2) is 34.9 Å². The predicted octanol–water partition coefficient (Wildman–Crippen LogP) is 1.77. The molecule has 0 aliphatic rings. The number of aromatic nitrogens is 2. The van der Waals surface area contributed by atoms with Gasteiger partial charge in [0, 0.05) is 19.7 Å². The van der Waals surface area contributed by atoms with E-state index in [-0.39, 0.29) is 18.4 Å². The van der Waals surface area contributed by atoms with E-state index < -0.39 is 5.91 Å². The van der Waals surface area contributed by atoms with Crippen molar-refractivity contribution in [2.45, 2.75) is 33.6 Å². The number of carbonyl (C=O) groups is 2. The first-order chi connectivity index (χ1) is 11.3. The Balaban J connectivity index is 2.47. The number of rotatable bonds is 7. The molecule has 0 unspecified atom stereocenters. The third-order valence-corrected chi connectivity index (χ3v) is 3.64. The Kier molecular flexibility index (Phi) is 5.43. The highest BCUT2D eigenvalue weighted by Gasteiger charge is 2.22. The maximum atomic E-state index is 12.5. The number of anilines is 1. The van der Waals surface area contributed by atoms with E-state index in [0.717, 1.165) is 11.5 Å². The fraction of sp³-hybridized carbons (Fsp3) is 0.471. The molecule has 0 aliphatic carbocycles. The van der Waals surface area contributed by atoms with E-state index in [4.69, 9.17) is 10.5 Å². The number of ether oxygens (including phenoxy) is 1. The number of nitrogens with two attached hydrogens (primary N) is 1. The summed E-state index contributed by atoms with van der Waals surface area (Å²) in [6.07, 6.45) is 2.96. The molecule has 0 radical (unpaired) electrons. The van der Waals surface area contributed by atoms with Gasteiger partial charge in [0.2, 0.25) is 5.91 Å². The summed E-state index contributed by atoms with van der Waals surface area (Å²) in [6, 6.07) is 3.51. The molecule has 2 aromatic rings. The first kappa shape index (κ1) is 17.8. The molecule has 0 aromatic carbocycles. The van der Waals surface area contributed by atoms with Gasteiger partial charge < -0.3 is 10.5 Å². The van der Waals surface area contributed by atoms with Gasteiger partial charge in [-0.1, -0.05) is 20.8 Å². The molecule has 7 heteroatoms. The average Bonchev–Trinajstić information content (AvgIpc) is 2.90. The molecule has 2 rings (SSSR count). The minimum atomic E-state index is -0.552. The molecule has 0 fully saturated rings. The zero-order chi connectivity index (χ0) is 17.9. The summed E-state index contributed by atoms with van der Waals surface area (Å²) in [4.78, 5) is 29.6. The molecule has 0 saturated carbocycles. The van der Waals surface area contributed by atoms with Gasteiger partial charge in [-0.05, 0) is 24.5 Å². The van der Waals surface area contributed by atoms with Crippen LogP contribution in [0.1, 0.15) is 32.9 Å². The fourth-order valence-corrected chi connectivity index (χ4v) is 2.54. The second kappa shape index (κ2) is 7.33. The molecule has 130 valence electrons. The van der Waals surface area contributed by atoms with Crippen LogP contribution in [0.4, 0.5) is 5.82 Å². The maximum Gasteiger partial charge on any atom is 0.255 e. The fourth-order valence-electron chi connectivity index (χ4n) is 2.54. The third kappa shape index (κ3) is 3.67. The number of carbonyl (C=O) groups excluding carboxylic acids is 2. The number of imidazole rings is 1. The Hall–Kier alpha value is -2.57. The summed E-state index contributed by atoms with van der Waals surface area (Å²) in [6.45, 7) is 5.79. The average molecular weight is 332 g/mol. The summed E-state index contributed by atoms with van der Waals surface area (Å²) in [7, 11) is 1.75. The van der Waals surface area contributed by atoms with Gasteiger partial charge in [-0.25, -0.2) is 4.98 Å². The Morgan fingerprint density at radius 1 is 1.42 bits per heavy atom. The standard InChI is InChI=1S/C17H24N4O3/c1-5-12-17(20(4)15(23)9-11(2)3)21-8-6-7-13(16(21)19-12)24-10-14(18)22/h6-8,11H,5,9-10H2,1-4H3,(H2,18,22). The van der Waals surface area contributed by atoms with E-state index >= 15 is 0 Å². The lowest BCUT2D eigenvalue weighted by atomic mass is 10.1. The van der Waals surface area contributed by atoms with Crippen molar-refractivity contribution in [1.82, 2.24) is 9.38 Å². The minimum absolute atomic E-state index is 0.0324. The van der Waals surface area contributed by atoms with Gasteiger partial charge in [0.05, 0.1) is 5.69 Å². The van der Waals surface area contributed by atoms with Crippen LogP contribution in [0, 0.1) is 5.92 Å². The van der Waals surface area contributed by atoms with E-state index in [1.807, 2.05) is 31.4 Å². The zero-order valence-electron chi connectivity index (χ0n) is 14.6. The van der Waals surface area contributed by atoms with Gasteiger partial charge in [-0.2, -0.15) is 0 Å². The number of pyridine rings is 1. The van der Waals surface area contributed by atoms with Crippen LogP contribution in [0.15, 0.2) is 18.3 Å². The summed E-state index contributed by atoms with van der Waals surface area (Å²) in [5, 5.41) is 0. The highest BCUT2D eigenvalue weighted by molar-refractivity contribution is 5.93. The van der Waals surface area contributed by atoms with Gasteiger partial charge >= 0.3 is 0 Å². The SMILES string of the molecule is CCc1nc2c(OCC(N)=O)cccn2c1N(C)C(=O)CC(C)C. The number of primary amides is 1. The quantitative estimate of drug-likeness (QED) is 0.836. The van der Waals surface area contributed by atoms with Crippen LogP contribution in [0.25, 0.3) is 5.65 Å². The van der Waals surface area contributed by atoms with Crippen molar-refractivity contribution in [3.05, 3.63) is 24.0 Å². The lowest BCUT2D eigenvalue weighted by Crippen LogP contribution is -2.29. The summed E-state index contributed by atoms with van der Waals surface area (Å²) in [5.74, 6) is 0.942. The van der Waals surface area contributed by atoms with E-state index in [0.29, 0.717) is 24.2 Å². The van der Waals surface area contributed by atoms with Gasteiger partial charge in [0.1, 0.15) is 5.82 Å². The molecule has 0 spiro atoms. The van der Waals surface area contributed by atoms with Crippen molar-refractivity contribution in [3.8, 4) is 5.75 Å². The first-order valence-corrected chi connectivity index (χ1v) is 8.02. The Bertz CT molecular complexity index is 752. The zero-order valence-corrected chi connectivity index (χ0v) is 14.6. The van der Waals surface area contributed by atoms with Crippen LogP contribution in [0.5, 0.6) is 5.75 Å². The van der Waals surface area contributed by atoms with Crippen LogP contribution < -0.4 is 15.4 Å². The van der Waals surface area contributed by atoms with Gasteiger partial charge in [-0.15, -0.1) is 0 Å². The van der Waals surface area contributed by atoms with Crippen molar-refractivity contribution < 1.29 is 14.3 Å². The summed E-state index contributed by atoms with van der Waals surface area (Å²) < 4.78 is 7.25. The Morgan fingerprint density at radius 3 is 2.71 bits per heavy atom. The van der Waals surface area contributed by atoms with Crippen LogP contribution in [0.2, 0.25) is 0 Å². The lowest BCUT2D eigenvalue weighted by molar-refractivity contribution is -0.120. The van der Waals surface area contributed by atoms with Crippen LogP contribution in [-0.2, 0) is 16.0 Å². The van der Waals surface area contributed by atoms with Crippen LogP contribution >= 0.6 is 0 Å². The molecule has 2 N–H and O–H groups in total. The van der Waals surface area contributed by atoms with Crippen molar-refractivity contribution in [2.24, 2.45) is 11.7 Å². The molecule has 0 aliphatic heterocycles. The molecule has 2 heterocycles. The Morgan fingerprint density at radius 2 is 2.12 bits per heavy atom. The van der Waals surface area contributed by atoms with E-state index in [9.17, 15) is 9.59 Å². The highest BCUT2D eigenvalue weighted by Crippen LogP contribution is 2.28. The molecule has 0 atom stereocenters. The van der Waals surface area contributed by atoms with Gasteiger partial charge in [0.25, 0.3) is 5.91 Å². The van der Waals surface area contributed by atoms with Gasteiger partial charge in [-0.3, -0.25) is 18.9 Å². The second-order valence-electron chi connectivity index (χ2n) is 6.11. The van der Waals surface area contributed by atoms with Crippen molar-refractivity contribution in [3.63, 3.8) is 0 Å². The number of hydrogen-bond donors (Lipinski definition) is 1. The van der Waals surface area contributed by atoms with Crippen LogP contribution in [0.3, 0.4) is 0 Å². The van der Waals surface area contributed by atoms with Crippen molar-refractivity contribution in [1.29, 1.82) is 0 Å². The van der Waals surface area contributed by atoms with Crippen molar-refractivity contribution in [2.75, 3.05) is 18.6 Å². The maximum absolute atomic E-state index is 12.5. The summed E-state index contributed by atoms with van der Waals surface area (Å²) >= 11 is 0. The number of hydrogen-bond acceptors (Lipinski definition) is 4. The summed E-state index contributed by atoms with van der Waals surface area (Å²) in [5.41, 5.74) is 6.50. The van der Waals surface area contributed by atoms with E-state index in [1.54, 1.807) is 24.1 Å². The normalized spacial score (nSPS) is 11.0. The topological polar surface area (TPSA) is 89.9 Å². The number of nitrogens with zero attached hydrogens (tertiary/aromatic N) is 3. The third-order valence-electron chi connectivity index (χ3n) is 3.64. The lowest BCUT2D eigenvalue weighted by Gasteiger charge is -2.19. The van der Waals surface area contributed by atoms with Crippen molar-refractivity contribution >= 4 is 23.3 Å².